The highest BCUT2D eigenvalue weighted by atomic mass is 19.1. The zero-order valence-corrected chi connectivity index (χ0v) is 17.6. The number of fused-ring (bicyclic) bond motifs is 2. The Kier molecular flexibility index (Phi) is 5.42. The molecule has 0 saturated carbocycles. The third kappa shape index (κ3) is 3.93. The Balaban J connectivity index is 1.54. The van der Waals surface area contributed by atoms with Crippen molar-refractivity contribution in [2.75, 3.05) is 38.3 Å². The minimum absolute atomic E-state index is 0.224. The van der Waals surface area contributed by atoms with E-state index in [1.165, 1.54) is 6.42 Å². The van der Waals surface area contributed by atoms with Crippen LogP contribution in [0.3, 0.4) is 0 Å². The molecule has 5 rings (SSSR count). The first-order chi connectivity index (χ1) is 15.2. The summed E-state index contributed by atoms with van der Waals surface area (Å²) < 4.78 is 27.0. The van der Waals surface area contributed by atoms with Gasteiger partial charge in [0.15, 0.2) is 0 Å². The lowest BCUT2D eigenvalue weighted by molar-refractivity contribution is 0.146. The van der Waals surface area contributed by atoms with E-state index in [-0.39, 0.29) is 5.82 Å². The van der Waals surface area contributed by atoms with E-state index in [1.807, 2.05) is 41.1 Å². The van der Waals surface area contributed by atoms with E-state index in [0.29, 0.717) is 13.2 Å². The molecule has 1 fully saturated rings. The molecular weight excluding hydrogens is 395 g/mol. The molecule has 3 aromatic heterocycles. The predicted molar refractivity (Wildman–Crippen MR) is 119 cm³/mol. The highest BCUT2D eigenvalue weighted by Crippen LogP contribution is 2.31. The molecule has 0 spiro atoms. The second-order valence-electron chi connectivity index (χ2n) is 7.82. The monoisotopic (exact) mass is 420 g/mol. The van der Waals surface area contributed by atoms with Crippen LogP contribution in [0.5, 0.6) is 5.75 Å². The SMILES string of the molecule is COCCOc1ccn2c(-c3ccc4cc(F)cc(N5CCCCC5)c4n3)cnc2c1. The number of piperidine rings is 1. The van der Waals surface area contributed by atoms with Crippen LogP contribution < -0.4 is 9.64 Å². The van der Waals surface area contributed by atoms with E-state index in [9.17, 15) is 4.39 Å². The van der Waals surface area contributed by atoms with Crippen molar-refractivity contribution in [3.05, 3.63) is 54.6 Å². The average Bonchev–Trinajstić information content (AvgIpc) is 3.22. The number of methoxy groups -OCH3 is 1. The van der Waals surface area contributed by atoms with Gasteiger partial charge < -0.3 is 14.4 Å². The van der Waals surface area contributed by atoms with Crippen molar-refractivity contribution in [3.8, 4) is 17.1 Å². The summed E-state index contributed by atoms with van der Waals surface area (Å²) >= 11 is 0. The summed E-state index contributed by atoms with van der Waals surface area (Å²) in [6.07, 6.45) is 7.22. The third-order valence-corrected chi connectivity index (χ3v) is 5.74. The minimum Gasteiger partial charge on any atom is -0.491 e. The first-order valence-electron chi connectivity index (χ1n) is 10.7. The maximum Gasteiger partial charge on any atom is 0.140 e. The van der Waals surface area contributed by atoms with Gasteiger partial charge >= 0.3 is 0 Å². The fourth-order valence-corrected chi connectivity index (χ4v) is 4.18. The Morgan fingerprint density at radius 2 is 1.90 bits per heavy atom. The van der Waals surface area contributed by atoms with Crippen molar-refractivity contribution >= 4 is 22.2 Å². The standard InChI is InChI=1S/C24H25FN4O2/c1-30-11-12-31-19-7-10-29-22(16-26-23(29)15-19)20-6-5-17-13-18(25)14-21(24(17)27-20)28-8-3-2-4-9-28/h5-7,10,13-16H,2-4,8-9,11-12H2,1H3. The molecule has 0 atom stereocenters. The smallest absolute Gasteiger partial charge is 0.140 e. The van der Waals surface area contributed by atoms with Gasteiger partial charge in [0, 0.05) is 37.8 Å². The third-order valence-electron chi connectivity index (χ3n) is 5.74. The number of benzene rings is 1. The van der Waals surface area contributed by atoms with Crippen LogP contribution in [-0.2, 0) is 4.74 Å². The number of nitrogens with zero attached hydrogens (tertiary/aromatic N) is 4. The van der Waals surface area contributed by atoms with Crippen LogP contribution in [0.2, 0.25) is 0 Å². The molecule has 1 aliphatic rings. The molecule has 31 heavy (non-hydrogen) atoms. The lowest BCUT2D eigenvalue weighted by atomic mass is 10.1. The molecule has 0 amide bonds. The second kappa shape index (κ2) is 8.51. The molecule has 0 unspecified atom stereocenters. The van der Waals surface area contributed by atoms with E-state index in [1.54, 1.807) is 19.2 Å². The molecule has 0 bridgehead atoms. The van der Waals surface area contributed by atoms with E-state index >= 15 is 0 Å². The van der Waals surface area contributed by atoms with Crippen LogP contribution in [0.1, 0.15) is 19.3 Å². The van der Waals surface area contributed by atoms with Crippen LogP contribution in [0, 0.1) is 5.82 Å². The summed E-state index contributed by atoms with van der Waals surface area (Å²) in [6, 6.07) is 10.8. The van der Waals surface area contributed by atoms with Crippen LogP contribution in [0.4, 0.5) is 10.1 Å². The van der Waals surface area contributed by atoms with Gasteiger partial charge in [-0.15, -0.1) is 0 Å². The van der Waals surface area contributed by atoms with Crippen LogP contribution in [0.15, 0.2) is 48.8 Å². The summed E-state index contributed by atoms with van der Waals surface area (Å²) in [7, 11) is 1.65. The molecule has 1 aromatic carbocycles. The van der Waals surface area contributed by atoms with Gasteiger partial charge in [0.2, 0.25) is 0 Å². The average molecular weight is 420 g/mol. The summed E-state index contributed by atoms with van der Waals surface area (Å²) in [5.74, 6) is 0.523. The maximum absolute atomic E-state index is 14.3. The number of aromatic nitrogens is 3. The van der Waals surface area contributed by atoms with E-state index in [0.717, 1.165) is 65.3 Å². The highest BCUT2D eigenvalue weighted by molar-refractivity contribution is 5.92. The number of anilines is 1. The molecule has 6 nitrogen and oxygen atoms in total. The molecule has 4 aromatic rings. The van der Waals surface area contributed by atoms with Crippen molar-refractivity contribution < 1.29 is 13.9 Å². The largest absolute Gasteiger partial charge is 0.491 e. The lowest BCUT2D eigenvalue weighted by Crippen LogP contribution is -2.29. The Hall–Kier alpha value is -3.19. The number of pyridine rings is 2. The topological polar surface area (TPSA) is 51.9 Å². The van der Waals surface area contributed by atoms with Crippen molar-refractivity contribution in [2.45, 2.75) is 19.3 Å². The first-order valence-corrected chi connectivity index (χ1v) is 10.7. The Labute approximate surface area is 180 Å². The first kappa shape index (κ1) is 19.8. The number of hydrogen-bond acceptors (Lipinski definition) is 5. The highest BCUT2D eigenvalue weighted by Gasteiger charge is 2.17. The van der Waals surface area contributed by atoms with Gasteiger partial charge in [0.1, 0.15) is 23.8 Å². The van der Waals surface area contributed by atoms with Gasteiger partial charge in [0.25, 0.3) is 0 Å². The molecule has 4 heterocycles. The predicted octanol–water partition coefficient (Wildman–Crippen LogP) is 4.70. The molecular formula is C24H25FN4O2. The van der Waals surface area contributed by atoms with E-state index in [2.05, 4.69) is 9.88 Å². The van der Waals surface area contributed by atoms with Crippen LogP contribution >= 0.6 is 0 Å². The van der Waals surface area contributed by atoms with Crippen molar-refractivity contribution in [3.63, 3.8) is 0 Å². The molecule has 0 aliphatic carbocycles. The lowest BCUT2D eigenvalue weighted by Gasteiger charge is -2.29. The number of ether oxygens (including phenoxy) is 2. The van der Waals surface area contributed by atoms with E-state index < -0.39 is 0 Å². The van der Waals surface area contributed by atoms with Crippen molar-refractivity contribution in [1.29, 1.82) is 0 Å². The Bertz CT molecular complexity index is 1220. The van der Waals surface area contributed by atoms with E-state index in [4.69, 9.17) is 14.5 Å². The van der Waals surface area contributed by atoms with Gasteiger partial charge in [-0.1, -0.05) is 6.07 Å². The summed E-state index contributed by atoms with van der Waals surface area (Å²) in [5, 5.41) is 0.812. The zero-order valence-electron chi connectivity index (χ0n) is 17.6. The van der Waals surface area contributed by atoms with Gasteiger partial charge in [-0.05, 0) is 43.5 Å². The second-order valence-corrected chi connectivity index (χ2v) is 7.82. The van der Waals surface area contributed by atoms with Gasteiger partial charge in [-0.25, -0.2) is 14.4 Å². The maximum atomic E-state index is 14.3. The number of halogens is 1. The Morgan fingerprint density at radius 1 is 1.03 bits per heavy atom. The normalized spacial score (nSPS) is 14.5. The fourth-order valence-electron chi connectivity index (χ4n) is 4.18. The zero-order chi connectivity index (χ0) is 21.2. The molecule has 0 N–H and O–H groups in total. The summed E-state index contributed by atoms with van der Waals surface area (Å²) in [4.78, 5) is 11.7. The number of rotatable bonds is 6. The Morgan fingerprint density at radius 3 is 2.74 bits per heavy atom. The van der Waals surface area contributed by atoms with Gasteiger partial charge in [-0.3, -0.25) is 4.40 Å². The van der Waals surface area contributed by atoms with Crippen LogP contribution in [0.25, 0.3) is 27.9 Å². The quantitative estimate of drug-likeness (QED) is 0.423. The van der Waals surface area contributed by atoms with Crippen molar-refractivity contribution in [1.82, 2.24) is 14.4 Å². The summed E-state index contributed by atoms with van der Waals surface area (Å²) in [6.45, 7) is 2.89. The molecule has 160 valence electrons. The molecule has 0 radical (unpaired) electrons. The summed E-state index contributed by atoms with van der Waals surface area (Å²) in [5.41, 5.74) is 4.17. The molecule has 7 heteroatoms. The van der Waals surface area contributed by atoms with Crippen LogP contribution in [-0.4, -0.2) is 47.8 Å². The fraction of sp³-hybridized carbons (Fsp3) is 0.333. The number of imidazole rings is 1. The van der Waals surface area contributed by atoms with Gasteiger partial charge in [-0.2, -0.15) is 0 Å². The minimum atomic E-state index is -0.224. The molecule has 1 saturated heterocycles. The van der Waals surface area contributed by atoms with Crippen molar-refractivity contribution in [2.24, 2.45) is 0 Å². The van der Waals surface area contributed by atoms with Gasteiger partial charge in [0.05, 0.1) is 35.4 Å². The number of hydrogen-bond donors (Lipinski definition) is 0. The molecule has 1 aliphatic heterocycles.